The molecule has 1 aromatic rings. The molecule has 1 amide bonds. The van der Waals surface area contributed by atoms with Crippen LogP contribution in [0.2, 0.25) is 0 Å². The number of rotatable bonds is 6. The van der Waals surface area contributed by atoms with Crippen molar-refractivity contribution in [2.24, 2.45) is 5.41 Å². The van der Waals surface area contributed by atoms with E-state index in [1.54, 1.807) is 0 Å². The molecule has 1 fully saturated rings. The van der Waals surface area contributed by atoms with Crippen LogP contribution < -0.4 is 10.1 Å². The Morgan fingerprint density at radius 1 is 1.20 bits per heavy atom. The number of para-hydroxylation sites is 1. The lowest BCUT2D eigenvalue weighted by atomic mass is 9.75. The van der Waals surface area contributed by atoms with E-state index in [2.05, 4.69) is 5.32 Å². The second kappa shape index (κ2) is 7.53. The summed E-state index contributed by atoms with van der Waals surface area (Å²) < 4.78 is 5.43. The first-order valence-electron chi connectivity index (χ1n) is 7.25. The molecule has 3 nitrogen and oxygen atoms in total. The molecular formula is C16H22ClNO2. The minimum absolute atomic E-state index is 0.0579. The molecule has 4 heteroatoms. The summed E-state index contributed by atoms with van der Waals surface area (Å²) in [5.41, 5.74) is 0.0855. The van der Waals surface area contributed by atoms with Crippen molar-refractivity contribution in [2.45, 2.75) is 32.1 Å². The minimum atomic E-state index is -0.0797. The Kier molecular flexibility index (Phi) is 5.72. The molecule has 0 spiro atoms. The molecule has 0 unspecified atom stereocenters. The fraction of sp³-hybridized carbons (Fsp3) is 0.562. The van der Waals surface area contributed by atoms with Crippen molar-refractivity contribution in [2.75, 3.05) is 19.0 Å². The lowest BCUT2D eigenvalue weighted by molar-refractivity contribution is -0.123. The molecule has 0 atom stereocenters. The third-order valence-electron chi connectivity index (χ3n) is 3.97. The van der Waals surface area contributed by atoms with E-state index in [-0.39, 0.29) is 17.9 Å². The summed E-state index contributed by atoms with van der Waals surface area (Å²) in [7, 11) is 0. The van der Waals surface area contributed by atoms with Crippen LogP contribution in [0.3, 0.4) is 0 Å². The molecule has 1 aliphatic rings. The van der Waals surface area contributed by atoms with Gasteiger partial charge in [0.1, 0.15) is 5.75 Å². The SMILES string of the molecule is O=C(COc1ccccc1)NCC1(CCl)CCCCC1. The van der Waals surface area contributed by atoms with Crippen LogP contribution in [0, 0.1) is 5.41 Å². The highest BCUT2D eigenvalue weighted by Gasteiger charge is 2.31. The van der Waals surface area contributed by atoms with Gasteiger partial charge in [0, 0.05) is 17.8 Å². The van der Waals surface area contributed by atoms with E-state index in [9.17, 15) is 4.79 Å². The van der Waals surface area contributed by atoms with Crippen molar-refractivity contribution in [3.8, 4) is 5.75 Å². The standard InChI is InChI=1S/C16H22ClNO2/c17-12-16(9-5-2-6-10-16)13-18-15(19)11-20-14-7-3-1-4-8-14/h1,3-4,7-8H,2,5-6,9-13H2,(H,18,19). The van der Waals surface area contributed by atoms with Gasteiger partial charge in [-0.1, -0.05) is 37.5 Å². The number of amides is 1. The van der Waals surface area contributed by atoms with Crippen LogP contribution in [0.25, 0.3) is 0 Å². The molecule has 1 aliphatic carbocycles. The molecule has 0 aliphatic heterocycles. The largest absolute Gasteiger partial charge is 0.484 e. The van der Waals surface area contributed by atoms with Gasteiger partial charge < -0.3 is 10.1 Å². The Hall–Kier alpha value is -1.22. The first kappa shape index (κ1) is 15.2. The molecule has 0 saturated heterocycles. The summed E-state index contributed by atoms with van der Waals surface area (Å²) >= 11 is 6.11. The highest BCUT2D eigenvalue weighted by Crippen LogP contribution is 2.36. The van der Waals surface area contributed by atoms with Crippen molar-refractivity contribution < 1.29 is 9.53 Å². The number of carbonyl (C=O) groups is 1. The molecule has 0 radical (unpaired) electrons. The lowest BCUT2D eigenvalue weighted by Crippen LogP contribution is -2.41. The quantitative estimate of drug-likeness (QED) is 0.817. The maximum atomic E-state index is 11.8. The Balaban J connectivity index is 1.74. The average molecular weight is 296 g/mol. The van der Waals surface area contributed by atoms with Crippen molar-refractivity contribution >= 4 is 17.5 Å². The van der Waals surface area contributed by atoms with Crippen LogP contribution in [0.5, 0.6) is 5.75 Å². The van der Waals surface area contributed by atoms with E-state index in [0.717, 1.165) is 12.8 Å². The van der Waals surface area contributed by atoms with Gasteiger partial charge in [-0.15, -0.1) is 11.6 Å². The molecule has 1 saturated carbocycles. The lowest BCUT2D eigenvalue weighted by Gasteiger charge is -2.35. The number of alkyl halides is 1. The van der Waals surface area contributed by atoms with Gasteiger partial charge in [0.2, 0.25) is 0 Å². The number of hydrogen-bond acceptors (Lipinski definition) is 2. The zero-order valence-corrected chi connectivity index (χ0v) is 12.5. The van der Waals surface area contributed by atoms with Gasteiger partial charge in [0.25, 0.3) is 5.91 Å². The highest BCUT2D eigenvalue weighted by molar-refractivity contribution is 6.18. The molecule has 0 bridgehead atoms. The van der Waals surface area contributed by atoms with Crippen LogP contribution in [-0.2, 0) is 4.79 Å². The van der Waals surface area contributed by atoms with Crippen molar-refractivity contribution in [3.05, 3.63) is 30.3 Å². The summed E-state index contributed by atoms with van der Waals surface area (Å²) in [5.74, 6) is 1.25. The van der Waals surface area contributed by atoms with Gasteiger partial charge >= 0.3 is 0 Å². The molecule has 20 heavy (non-hydrogen) atoms. The summed E-state index contributed by atoms with van der Waals surface area (Å²) in [6.07, 6.45) is 5.92. The Bertz CT molecular complexity index is 416. The predicted molar refractivity (Wildman–Crippen MR) is 81.2 cm³/mol. The van der Waals surface area contributed by atoms with Gasteiger partial charge in [-0.05, 0) is 25.0 Å². The Morgan fingerprint density at radius 2 is 1.90 bits per heavy atom. The summed E-state index contributed by atoms with van der Waals surface area (Å²) in [5, 5.41) is 2.97. The van der Waals surface area contributed by atoms with Crippen molar-refractivity contribution in [3.63, 3.8) is 0 Å². The van der Waals surface area contributed by atoms with Gasteiger partial charge in [0.05, 0.1) is 0 Å². The maximum absolute atomic E-state index is 11.8. The molecule has 110 valence electrons. The fourth-order valence-electron chi connectivity index (χ4n) is 2.66. The predicted octanol–water partition coefficient (Wildman–Crippen LogP) is 3.37. The topological polar surface area (TPSA) is 38.3 Å². The third kappa shape index (κ3) is 4.41. The van der Waals surface area contributed by atoms with Crippen LogP contribution in [0.4, 0.5) is 0 Å². The van der Waals surface area contributed by atoms with Gasteiger partial charge in [-0.2, -0.15) is 0 Å². The van der Waals surface area contributed by atoms with Crippen LogP contribution in [0.1, 0.15) is 32.1 Å². The minimum Gasteiger partial charge on any atom is -0.484 e. The zero-order chi connectivity index (χ0) is 14.3. The van der Waals surface area contributed by atoms with E-state index in [1.165, 1.54) is 19.3 Å². The monoisotopic (exact) mass is 295 g/mol. The van der Waals surface area contributed by atoms with E-state index < -0.39 is 0 Å². The summed E-state index contributed by atoms with van der Waals surface area (Å²) in [6.45, 7) is 0.718. The normalized spacial score (nSPS) is 17.4. The van der Waals surface area contributed by atoms with E-state index in [1.807, 2.05) is 30.3 Å². The molecule has 2 rings (SSSR count). The van der Waals surface area contributed by atoms with E-state index in [0.29, 0.717) is 18.2 Å². The van der Waals surface area contributed by atoms with E-state index in [4.69, 9.17) is 16.3 Å². The summed E-state index contributed by atoms with van der Waals surface area (Å²) in [6, 6.07) is 9.37. The second-order valence-corrected chi connectivity index (χ2v) is 5.84. The first-order valence-corrected chi connectivity index (χ1v) is 7.78. The number of halogens is 1. The van der Waals surface area contributed by atoms with Crippen molar-refractivity contribution in [1.82, 2.24) is 5.32 Å². The molecular weight excluding hydrogens is 274 g/mol. The molecule has 0 heterocycles. The van der Waals surface area contributed by atoms with Crippen LogP contribution in [-0.4, -0.2) is 24.9 Å². The van der Waals surface area contributed by atoms with Crippen LogP contribution in [0.15, 0.2) is 30.3 Å². The molecule has 1 N–H and O–H groups in total. The Morgan fingerprint density at radius 3 is 2.55 bits per heavy atom. The zero-order valence-electron chi connectivity index (χ0n) is 11.7. The number of hydrogen-bond donors (Lipinski definition) is 1. The van der Waals surface area contributed by atoms with Crippen molar-refractivity contribution in [1.29, 1.82) is 0 Å². The maximum Gasteiger partial charge on any atom is 0.257 e. The van der Waals surface area contributed by atoms with Gasteiger partial charge in [-0.25, -0.2) is 0 Å². The van der Waals surface area contributed by atoms with Gasteiger partial charge in [-0.3, -0.25) is 4.79 Å². The highest BCUT2D eigenvalue weighted by atomic mass is 35.5. The number of benzene rings is 1. The number of nitrogens with one attached hydrogen (secondary N) is 1. The first-order chi connectivity index (χ1) is 9.74. The summed E-state index contributed by atoms with van der Waals surface area (Å²) in [4.78, 5) is 11.8. The molecule has 1 aromatic carbocycles. The second-order valence-electron chi connectivity index (χ2n) is 5.57. The van der Waals surface area contributed by atoms with E-state index >= 15 is 0 Å². The smallest absolute Gasteiger partial charge is 0.257 e. The van der Waals surface area contributed by atoms with Gasteiger partial charge in [0.15, 0.2) is 6.61 Å². The average Bonchev–Trinajstić information content (AvgIpc) is 2.53. The molecule has 0 aromatic heterocycles. The Labute approximate surface area is 125 Å². The third-order valence-corrected chi connectivity index (χ3v) is 4.54. The number of carbonyl (C=O) groups excluding carboxylic acids is 1. The fourth-order valence-corrected chi connectivity index (χ4v) is 3.02. The van der Waals surface area contributed by atoms with Crippen LogP contribution >= 0.6 is 11.6 Å². The number of ether oxygens (including phenoxy) is 1.